The third-order valence-electron chi connectivity index (χ3n) is 2.93. The molecule has 0 aliphatic carbocycles. The molecule has 1 amide bonds. The molecule has 2 aromatic rings. The van der Waals surface area contributed by atoms with Crippen LogP contribution in [0.3, 0.4) is 0 Å². The monoisotopic (exact) mass is 323 g/mol. The highest BCUT2D eigenvalue weighted by molar-refractivity contribution is 8.01. The zero-order chi connectivity index (χ0) is 15.5. The first-order valence-corrected chi connectivity index (χ1v) is 8.01. The minimum Gasteiger partial charge on any atom is -0.368 e. The molecule has 1 aromatic carbocycles. The summed E-state index contributed by atoms with van der Waals surface area (Å²) in [5, 5.41) is 8.93. The smallest absolute Gasteiger partial charge is 0.243 e. The molecule has 0 fully saturated rings. The van der Waals surface area contributed by atoms with Crippen molar-refractivity contribution < 1.29 is 4.79 Å². The average Bonchev–Trinajstić information content (AvgIpc) is 2.94. The lowest BCUT2D eigenvalue weighted by molar-refractivity contribution is -0.122. The Labute approximate surface area is 131 Å². The van der Waals surface area contributed by atoms with Crippen LogP contribution < -0.4 is 16.4 Å². The zero-order valence-corrected chi connectivity index (χ0v) is 13.4. The summed E-state index contributed by atoms with van der Waals surface area (Å²) in [5.74, 6) is -0.243. The fraction of sp³-hybridized carbons (Fsp3) is 0.308. The van der Waals surface area contributed by atoms with Crippen LogP contribution in [0.2, 0.25) is 0 Å². The van der Waals surface area contributed by atoms with Crippen LogP contribution in [-0.2, 0) is 10.3 Å². The van der Waals surface area contributed by atoms with Gasteiger partial charge in [-0.2, -0.15) is 0 Å². The minimum absolute atomic E-state index is 0.314. The highest BCUT2D eigenvalue weighted by Gasteiger charge is 2.34. The van der Waals surface area contributed by atoms with Gasteiger partial charge in [-0.15, -0.1) is 10.2 Å². The van der Waals surface area contributed by atoms with Crippen LogP contribution in [0.25, 0.3) is 0 Å². The van der Waals surface area contributed by atoms with Crippen LogP contribution in [-0.4, -0.2) is 36.0 Å². The molecule has 112 valence electrons. The SMILES string of the molecule is CN(C)c1nnc(SCC(N)(C(N)=O)c2ccccc2)s1. The summed E-state index contributed by atoms with van der Waals surface area (Å²) in [6.45, 7) is 0. The molecule has 6 nitrogen and oxygen atoms in total. The van der Waals surface area contributed by atoms with E-state index in [4.69, 9.17) is 11.5 Å². The summed E-state index contributed by atoms with van der Waals surface area (Å²) in [5.41, 5.74) is 11.2. The van der Waals surface area contributed by atoms with Crippen molar-refractivity contribution in [3.63, 3.8) is 0 Å². The molecule has 0 saturated carbocycles. The molecule has 0 radical (unpaired) electrons. The van der Waals surface area contributed by atoms with E-state index in [1.165, 1.54) is 23.1 Å². The second-order valence-electron chi connectivity index (χ2n) is 4.74. The molecule has 1 aromatic heterocycles. The number of anilines is 1. The first kappa shape index (κ1) is 15.7. The molecule has 0 aliphatic heterocycles. The molecule has 0 aliphatic rings. The predicted molar refractivity (Wildman–Crippen MR) is 86.5 cm³/mol. The van der Waals surface area contributed by atoms with E-state index in [1.807, 2.05) is 37.2 Å². The number of nitrogens with two attached hydrogens (primary N) is 2. The number of rotatable bonds is 6. The molecule has 0 spiro atoms. The van der Waals surface area contributed by atoms with Crippen molar-refractivity contribution in [2.45, 2.75) is 9.88 Å². The lowest BCUT2D eigenvalue weighted by atomic mass is 9.92. The van der Waals surface area contributed by atoms with Crippen LogP contribution in [0.1, 0.15) is 5.56 Å². The molecule has 1 unspecified atom stereocenters. The van der Waals surface area contributed by atoms with Gasteiger partial charge in [-0.05, 0) is 5.56 Å². The molecule has 8 heteroatoms. The van der Waals surface area contributed by atoms with Gasteiger partial charge in [0.15, 0.2) is 4.34 Å². The van der Waals surface area contributed by atoms with Gasteiger partial charge in [-0.25, -0.2) is 0 Å². The summed E-state index contributed by atoms with van der Waals surface area (Å²) in [6, 6.07) is 9.14. The second-order valence-corrected chi connectivity index (χ2v) is 6.91. The number of amides is 1. The van der Waals surface area contributed by atoms with Gasteiger partial charge >= 0.3 is 0 Å². The van der Waals surface area contributed by atoms with Crippen molar-refractivity contribution in [2.75, 3.05) is 24.7 Å². The van der Waals surface area contributed by atoms with Crippen molar-refractivity contribution in [3.05, 3.63) is 35.9 Å². The Morgan fingerprint density at radius 1 is 1.33 bits per heavy atom. The zero-order valence-electron chi connectivity index (χ0n) is 11.8. The number of aromatic nitrogens is 2. The lowest BCUT2D eigenvalue weighted by Gasteiger charge is -2.25. The molecule has 21 heavy (non-hydrogen) atoms. The maximum atomic E-state index is 11.8. The Morgan fingerprint density at radius 2 is 2.00 bits per heavy atom. The van der Waals surface area contributed by atoms with E-state index in [2.05, 4.69) is 10.2 Å². The number of primary amides is 1. The van der Waals surface area contributed by atoms with Crippen LogP contribution in [0, 0.1) is 0 Å². The Bertz CT molecular complexity index is 616. The lowest BCUT2D eigenvalue weighted by Crippen LogP contribution is -2.51. The van der Waals surface area contributed by atoms with E-state index in [0.29, 0.717) is 11.3 Å². The maximum absolute atomic E-state index is 11.8. The number of hydrogen-bond donors (Lipinski definition) is 2. The fourth-order valence-electron chi connectivity index (χ4n) is 1.65. The topological polar surface area (TPSA) is 98.1 Å². The van der Waals surface area contributed by atoms with Crippen molar-refractivity contribution in [1.29, 1.82) is 0 Å². The number of hydrogen-bond acceptors (Lipinski definition) is 7. The number of nitrogens with zero attached hydrogens (tertiary/aromatic N) is 3. The van der Waals surface area contributed by atoms with Gasteiger partial charge in [-0.3, -0.25) is 4.79 Å². The van der Waals surface area contributed by atoms with E-state index >= 15 is 0 Å². The molecule has 0 bridgehead atoms. The highest BCUT2D eigenvalue weighted by Crippen LogP contribution is 2.31. The normalized spacial score (nSPS) is 13.7. The summed E-state index contributed by atoms with van der Waals surface area (Å²) in [7, 11) is 3.80. The van der Waals surface area contributed by atoms with E-state index < -0.39 is 11.4 Å². The van der Waals surface area contributed by atoms with Crippen molar-refractivity contribution in [3.8, 4) is 0 Å². The Morgan fingerprint density at radius 3 is 2.52 bits per heavy atom. The molecule has 1 atom stereocenters. The van der Waals surface area contributed by atoms with E-state index in [9.17, 15) is 4.79 Å². The molecular formula is C13H17N5OS2. The number of carbonyl (C=O) groups is 1. The first-order chi connectivity index (χ1) is 9.93. The minimum atomic E-state index is -1.23. The second kappa shape index (κ2) is 6.42. The van der Waals surface area contributed by atoms with Crippen molar-refractivity contribution in [2.24, 2.45) is 11.5 Å². The van der Waals surface area contributed by atoms with Gasteiger partial charge in [0, 0.05) is 19.8 Å². The Kier molecular flexibility index (Phi) is 4.81. The average molecular weight is 323 g/mol. The first-order valence-electron chi connectivity index (χ1n) is 6.21. The van der Waals surface area contributed by atoms with Crippen LogP contribution in [0.4, 0.5) is 5.13 Å². The van der Waals surface area contributed by atoms with Crippen LogP contribution in [0.5, 0.6) is 0 Å². The summed E-state index contributed by atoms with van der Waals surface area (Å²) < 4.78 is 0.755. The van der Waals surface area contributed by atoms with E-state index in [-0.39, 0.29) is 0 Å². The Balaban J connectivity index is 2.15. The van der Waals surface area contributed by atoms with Gasteiger partial charge in [0.05, 0.1) is 0 Å². The van der Waals surface area contributed by atoms with Gasteiger partial charge < -0.3 is 16.4 Å². The van der Waals surface area contributed by atoms with Crippen molar-refractivity contribution in [1.82, 2.24) is 10.2 Å². The number of benzene rings is 1. The summed E-state index contributed by atoms with van der Waals surface area (Å²) >= 11 is 2.83. The number of carbonyl (C=O) groups excluding carboxylic acids is 1. The van der Waals surface area contributed by atoms with Gasteiger partial charge in [0.2, 0.25) is 11.0 Å². The summed E-state index contributed by atoms with van der Waals surface area (Å²) in [6.07, 6.45) is 0. The molecule has 0 saturated heterocycles. The van der Waals surface area contributed by atoms with E-state index in [0.717, 1.165) is 9.47 Å². The van der Waals surface area contributed by atoms with Crippen LogP contribution in [0.15, 0.2) is 34.7 Å². The quantitative estimate of drug-likeness (QED) is 0.771. The number of thioether (sulfide) groups is 1. The predicted octanol–water partition coefficient (Wildman–Crippen LogP) is 1.04. The largest absolute Gasteiger partial charge is 0.368 e. The van der Waals surface area contributed by atoms with Crippen LogP contribution >= 0.6 is 23.1 Å². The van der Waals surface area contributed by atoms with Gasteiger partial charge in [0.1, 0.15) is 5.54 Å². The fourth-order valence-corrected chi connectivity index (χ4v) is 3.55. The Hall–Kier alpha value is -1.64. The van der Waals surface area contributed by atoms with Gasteiger partial charge in [0.25, 0.3) is 0 Å². The third-order valence-corrected chi connectivity index (χ3v) is 5.35. The molecule has 1 heterocycles. The molecule has 2 rings (SSSR count). The molecular weight excluding hydrogens is 306 g/mol. The van der Waals surface area contributed by atoms with E-state index in [1.54, 1.807) is 12.1 Å². The van der Waals surface area contributed by atoms with Crippen molar-refractivity contribution >= 4 is 34.1 Å². The standard InChI is InChI=1S/C13H17N5OS2/c1-18(2)11-16-17-12(21-11)20-8-13(15,10(14)19)9-6-4-3-5-7-9/h3-7H,8,15H2,1-2H3,(H2,14,19). The maximum Gasteiger partial charge on any atom is 0.243 e. The van der Waals surface area contributed by atoms with Gasteiger partial charge in [-0.1, -0.05) is 53.4 Å². The highest BCUT2D eigenvalue weighted by atomic mass is 32.2. The summed E-state index contributed by atoms with van der Waals surface area (Å²) in [4.78, 5) is 13.7. The third kappa shape index (κ3) is 3.52. The molecule has 4 N–H and O–H groups in total.